The van der Waals surface area contributed by atoms with Gasteiger partial charge in [-0.2, -0.15) is 0 Å². The summed E-state index contributed by atoms with van der Waals surface area (Å²) in [6, 6.07) is -1.79. The number of aliphatic hydroxyl groups excluding tert-OH is 10. The largest absolute Gasteiger partial charge is 0.427 e. The molecule has 2 aliphatic rings. The number of carbonyl (C=O) groups is 2. The maximum Gasteiger partial charge on any atom is 0.325 e. The van der Waals surface area contributed by atoms with Crippen molar-refractivity contribution in [1.29, 1.82) is 0 Å². The normalized spacial score (nSPS) is 48.1. The highest BCUT2D eigenvalue weighted by Gasteiger charge is 2.62. The maximum absolute atomic E-state index is 12.2. The lowest BCUT2D eigenvalue weighted by Crippen LogP contribution is -2.72. The molecule has 13 atom stereocenters. The molecule has 0 aromatic carbocycles. The molecule has 0 radical (unpaired) electrons. The summed E-state index contributed by atoms with van der Waals surface area (Å²) < 4.78 is 9.04. The van der Waals surface area contributed by atoms with Gasteiger partial charge in [0.05, 0.1) is 0 Å². The number of carbonyl (C=O) groups excluding carboxylic acids is 2. The zero-order chi connectivity index (χ0) is 26.3. The molecular weight excluding hydrogens is 474 g/mol. The molecule has 14 N–H and O–H groups in total. The van der Waals surface area contributed by atoms with Crippen LogP contribution in [-0.4, -0.2) is 152 Å². The van der Waals surface area contributed by atoms with E-state index in [1.54, 1.807) is 0 Å². The van der Waals surface area contributed by atoms with Crippen molar-refractivity contribution in [3.63, 3.8) is 0 Å². The van der Waals surface area contributed by atoms with Crippen molar-refractivity contribution in [2.24, 2.45) is 5.73 Å². The van der Waals surface area contributed by atoms with Crippen LogP contribution in [0.5, 0.6) is 0 Å². The topological polar surface area (TPSA) is 321 Å². The zero-order valence-corrected chi connectivity index (χ0v) is 17.3. The predicted molar refractivity (Wildman–Crippen MR) is 99.4 cm³/mol. The van der Waals surface area contributed by atoms with Crippen molar-refractivity contribution in [3.05, 3.63) is 0 Å². The van der Waals surface area contributed by atoms with Gasteiger partial charge in [0, 0.05) is 6.42 Å². The van der Waals surface area contributed by atoms with Crippen LogP contribution in [0.2, 0.25) is 0 Å². The molecule has 0 saturated heterocycles. The Morgan fingerprint density at radius 3 is 1.32 bits per heavy atom. The molecule has 2 fully saturated rings. The number of esters is 2. The third-order valence-electron chi connectivity index (χ3n) is 5.89. The fourth-order valence-corrected chi connectivity index (χ4v) is 3.58. The SMILES string of the molecule is N[C@@H](CCC(=O)O[C@]1(O)[C@H](O)[C@H](O)[C@@H](O)[C@H](O)[C@H]1O)C(=O)O[C@]1(O)[C@H](O)[C@H](O)[C@@H](O)[C@H](O)[C@H]1O. The molecule has 0 spiro atoms. The number of hydrogen-bond acceptors (Lipinski definition) is 17. The molecule has 34 heavy (non-hydrogen) atoms. The van der Waals surface area contributed by atoms with Crippen molar-refractivity contribution in [2.45, 2.75) is 91.5 Å². The van der Waals surface area contributed by atoms with Crippen LogP contribution in [0.4, 0.5) is 0 Å². The van der Waals surface area contributed by atoms with Crippen LogP contribution < -0.4 is 5.73 Å². The Morgan fingerprint density at radius 1 is 0.647 bits per heavy atom. The van der Waals surface area contributed by atoms with Crippen molar-refractivity contribution >= 4 is 11.9 Å². The van der Waals surface area contributed by atoms with Crippen LogP contribution in [0.3, 0.4) is 0 Å². The number of nitrogens with two attached hydrogens (primary N) is 1. The molecule has 17 heteroatoms. The van der Waals surface area contributed by atoms with Gasteiger partial charge in [-0.3, -0.25) is 9.59 Å². The lowest BCUT2D eigenvalue weighted by atomic mass is 9.82. The second kappa shape index (κ2) is 10.2. The van der Waals surface area contributed by atoms with Gasteiger partial charge >= 0.3 is 11.9 Å². The van der Waals surface area contributed by atoms with Gasteiger partial charge in [-0.1, -0.05) is 0 Å². The molecule has 17 nitrogen and oxygen atoms in total. The van der Waals surface area contributed by atoms with Gasteiger partial charge in [-0.15, -0.1) is 0 Å². The van der Waals surface area contributed by atoms with Crippen LogP contribution in [0.1, 0.15) is 12.8 Å². The number of aliphatic hydroxyl groups is 12. The van der Waals surface area contributed by atoms with Crippen LogP contribution in [-0.2, 0) is 19.1 Å². The van der Waals surface area contributed by atoms with Crippen LogP contribution in [0.15, 0.2) is 0 Å². The van der Waals surface area contributed by atoms with E-state index in [9.17, 15) is 70.9 Å². The van der Waals surface area contributed by atoms with Crippen LogP contribution in [0.25, 0.3) is 0 Å². The average Bonchev–Trinajstić information content (AvgIpc) is 2.80. The van der Waals surface area contributed by atoms with E-state index >= 15 is 0 Å². The Balaban J connectivity index is 1.99. The lowest BCUT2D eigenvalue weighted by Gasteiger charge is -2.46. The lowest BCUT2D eigenvalue weighted by molar-refractivity contribution is -0.348. The Bertz CT molecular complexity index is 719. The van der Waals surface area contributed by atoms with Gasteiger partial charge in [0.15, 0.2) is 24.4 Å². The fourth-order valence-electron chi connectivity index (χ4n) is 3.58. The molecule has 0 bridgehead atoms. The van der Waals surface area contributed by atoms with E-state index in [0.29, 0.717) is 0 Å². The monoisotopic (exact) mass is 503 g/mol. The third-order valence-corrected chi connectivity index (χ3v) is 5.89. The fraction of sp³-hybridized carbons (Fsp3) is 0.882. The van der Waals surface area contributed by atoms with E-state index < -0.39 is 103 Å². The highest BCUT2D eigenvalue weighted by Crippen LogP contribution is 2.33. The number of rotatable bonds is 6. The standard InChI is InChI=1S/C17H29NO16/c18-3(15(30)34-17(32)13(28)9(24)6(21)10(25)14(17)29)1-2-4(19)33-16(31)11(26)7(22)5(20)8(23)12(16)27/h3,5-14,20-29,31-32H,1-2,18H2/t3-,5-,6-,7-,8+,9-,10+,11+,12+,13+,14+,16-,17-/m0/s1. The summed E-state index contributed by atoms with van der Waals surface area (Å²) in [5, 5.41) is 117. The summed E-state index contributed by atoms with van der Waals surface area (Å²) in [6.07, 6.45) is -24.4. The Morgan fingerprint density at radius 2 is 0.971 bits per heavy atom. The Kier molecular flexibility index (Phi) is 8.59. The molecule has 0 aliphatic heterocycles. The van der Waals surface area contributed by atoms with Crippen molar-refractivity contribution in [2.75, 3.05) is 0 Å². The highest BCUT2D eigenvalue weighted by molar-refractivity contribution is 5.77. The van der Waals surface area contributed by atoms with Crippen LogP contribution in [0, 0.1) is 0 Å². The quantitative estimate of drug-likeness (QED) is 0.118. The minimum absolute atomic E-state index is 0.663. The van der Waals surface area contributed by atoms with Gasteiger partial charge in [0.1, 0.15) is 42.7 Å². The summed E-state index contributed by atoms with van der Waals surface area (Å²) >= 11 is 0. The number of hydrogen-bond donors (Lipinski definition) is 13. The van der Waals surface area contributed by atoms with E-state index in [1.807, 2.05) is 0 Å². The third kappa shape index (κ3) is 4.88. The van der Waals surface area contributed by atoms with Crippen molar-refractivity contribution < 1.29 is 80.3 Å². The summed E-state index contributed by atoms with van der Waals surface area (Å²) in [5.74, 6) is -9.54. The maximum atomic E-state index is 12.2. The average molecular weight is 503 g/mol. The molecule has 0 aromatic rings. The number of ether oxygens (including phenoxy) is 2. The van der Waals surface area contributed by atoms with E-state index in [1.165, 1.54) is 0 Å². The van der Waals surface area contributed by atoms with Crippen molar-refractivity contribution in [1.82, 2.24) is 0 Å². The summed E-state index contributed by atoms with van der Waals surface area (Å²) in [4.78, 5) is 24.2. The molecule has 2 rings (SSSR count). The molecule has 0 amide bonds. The second-order valence-electron chi connectivity index (χ2n) is 8.27. The van der Waals surface area contributed by atoms with Gasteiger partial charge in [-0.25, -0.2) is 0 Å². The molecule has 2 saturated carbocycles. The smallest absolute Gasteiger partial charge is 0.325 e. The van der Waals surface area contributed by atoms with E-state index in [4.69, 9.17) is 5.73 Å². The molecular formula is C17H29NO16. The molecule has 0 heterocycles. The first-order valence-electron chi connectivity index (χ1n) is 9.96. The van der Waals surface area contributed by atoms with Gasteiger partial charge in [0.25, 0.3) is 11.6 Å². The molecule has 2 aliphatic carbocycles. The van der Waals surface area contributed by atoms with Gasteiger partial charge in [-0.05, 0) is 6.42 Å². The first-order valence-corrected chi connectivity index (χ1v) is 9.96. The second-order valence-corrected chi connectivity index (χ2v) is 8.27. The summed E-state index contributed by atoms with van der Waals surface area (Å²) in [6.45, 7) is 0. The molecule has 0 aromatic heterocycles. The molecule has 0 unspecified atom stereocenters. The first kappa shape index (κ1) is 28.7. The minimum Gasteiger partial charge on any atom is -0.427 e. The summed E-state index contributed by atoms with van der Waals surface area (Å²) in [5.41, 5.74) is 5.51. The van der Waals surface area contributed by atoms with E-state index in [-0.39, 0.29) is 0 Å². The minimum atomic E-state index is -3.30. The molecule has 198 valence electrons. The zero-order valence-electron chi connectivity index (χ0n) is 17.3. The van der Waals surface area contributed by atoms with Crippen LogP contribution >= 0.6 is 0 Å². The summed E-state index contributed by atoms with van der Waals surface area (Å²) in [7, 11) is 0. The Hall–Kier alpha value is -1.58. The van der Waals surface area contributed by atoms with E-state index in [2.05, 4.69) is 9.47 Å². The van der Waals surface area contributed by atoms with Crippen molar-refractivity contribution in [3.8, 4) is 0 Å². The first-order chi connectivity index (χ1) is 15.5. The Labute approximate surface area is 190 Å². The van der Waals surface area contributed by atoms with Gasteiger partial charge in [0.2, 0.25) is 0 Å². The predicted octanol–water partition coefficient (Wildman–Crippen LogP) is -8.81. The van der Waals surface area contributed by atoms with E-state index in [0.717, 1.165) is 0 Å². The highest BCUT2D eigenvalue weighted by atomic mass is 16.7. The van der Waals surface area contributed by atoms with Gasteiger partial charge < -0.3 is 76.5 Å².